The standard InChI is InChI=1S/C21H22N6O2/c1-12-15(4)29-20(24-12)16-6-5-7-17(10-16)26-19(28)9-8-18-13(2)25-21-22-11-23-27(21)14(18)3/h5-7,10-11H,8-9H2,1-4H3,(H,26,28). The Hall–Kier alpha value is -3.55. The Bertz CT molecular complexity index is 1190. The number of carbonyl (C=O) groups excluding carboxylic acids is 1. The van der Waals surface area contributed by atoms with Crippen LogP contribution in [0, 0.1) is 27.7 Å². The van der Waals surface area contributed by atoms with Crippen LogP contribution in [0.2, 0.25) is 0 Å². The molecule has 0 aliphatic heterocycles. The lowest BCUT2D eigenvalue weighted by Gasteiger charge is -2.11. The van der Waals surface area contributed by atoms with Gasteiger partial charge in [-0.15, -0.1) is 0 Å². The number of nitrogens with one attached hydrogen (secondary N) is 1. The number of aromatic nitrogens is 5. The molecule has 0 bridgehead atoms. The van der Waals surface area contributed by atoms with Crippen molar-refractivity contribution in [3.63, 3.8) is 0 Å². The summed E-state index contributed by atoms with van der Waals surface area (Å²) in [6.45, 7) is 7.68. The van der Waals surface area contributed by atoms with Gasteiger partial charge in [-0.05, 0) is 57.9 Å². The van der Waals surface area contributed by atoms with E-state index in [9.17, 15) is 4.79 Å². The topological polar surface area (TPSA) is 98.2 Å². The zero-order valence-electron chi connectivity index (χ0n) is 16.9. The van der Waals surface area contributed by atoms with E-state index in [1.165, 1.54) is 6.33 Å². The van der Waals surface area contributed by atoms with Crippen LogP contribution in [0.3, 0.4) is 0 Å². The number of amides is 1. The van der Waals surface area contributed by atoms with Crippen molar-refractivity contribution in [2.75, 3.05) is 5.32 Å². The summed E-state index contributed by atoms with van der Waals surface area (Å²) in [6, 6.07) is 7.49. The van der Waals surface area contributed by atoms with Gasteiger partial charge in [-0.25, -0.2) is 14.5 Å². The van der Waals surface area contributed by atoms with Gasteiger partial charge in [0.25, 0.3) is 5.78 Å². The first-order chi connectivity index (χ1) is 13.9. The van der Waals surface area contributed by atoms with Gasteiger partial charge in [0.05, 0.1) is 5.69 Å². The molecule has 148 valence electrons. The van der Waals surface area contributed by atoms with Crippen LogP contribution < -0.4 is 5.32 Å². The molecule has 0 spiro atoms. The molecule has 29 heavy (non-hydrogen) atoms. The number of hydrogen-bond donors (Lipinski definition) is 1. The maximum absolute atomic E-state index is 12.5. The average molecular weight is 390 g/mol. The molecular formula is C21H22N6O2. The van der Waals surface area contributed by atoms with Crippen molar-refractivity contribution in [2.45, 2.75) is 40.5 Å². The molecule has 0 aliphatic carbocycles. The molecule has 4 aromatic rings. The molecule has 0 fully saturated rings. The van der Waals surface area contributed by atoms with Gasteiger partial charge in [0, 0.05) is 29.1 Å². The van der Waals surface area contributed by atoms with Gasteiger partial charge in [0.1, 0.15) is 12.1 Å². The number of benzene rings is 1. The quantitative estimate of drug-likeness (QED) is 0.559. The lowest BCUT2D eigenvalue weighted by atomic mass is 10.1. The fraction of sp³-hybridized carbons (Fsp3) is 0.286. The van der Waals surface area contributed by atoms with E-state index < -0.39 is 0 Å². The zero-order valence-corrected chi connectivity index (χ0v) is 16.9. The van der Waals surface area contributed by atoms with Gasteiger partial charge in [-0.3, -0.25) is 4.79 Å². The molecule has 0 unspecified atom stereocenters. The van der Waals surface area contributed by atoms with E-state index in [0.29, 0.717) is 30.2 Å². The molecule has 0 radical (unpaired) electrons. The molecule has 1 aromatic carbocycles. The zero-order chi connectivity index (χ0) is 20.5. The lowest BCUT2D eigenvalue weighted by molar-refractivity contribution is -0.116. The molecule has 8 heteroatoms. The summed E-state index contributed by atoms with van der Waals surface area (Å²) in [4.78, 5) is 25.5. The predicted molar refractivity (Wildman–Crippen MR) is 109 cm³/mol. The van der Waals surface area contributed by atoms with E-state index in [1.807, 2.05) is 52.0 Å². The highest BCUT2D eigenvalue weighted by molar-refractivity contribution is 5.91. The Morgan fingerprint density at radius 2 is 1.97 bits per heavy atom. The minimum Gasteiger partial charge on any atom is -0.441 e. The van der Waals surface area contributed by atoms with E-state index in [4.69, 9.17) is 4.42 Å². The summed E-state index contributed by atoms with van der Waals surface area (Å²) in [7, 11) is 0. The van der Waals surface area contributed by atoms with Crippen LogP contribution in [-0.4, -0.2) is 30.5 Å². The second kappa shape index (κ2) is 7.46. The van der Waals surface area contributed by atoms with Gasteiger partial charge in [-0.1, -0.05) is 6.07 Å². The molecule has 1 amide bonds. The largest absolute Gasteiger partial charge is 0.441 e. The fourth-order valence-electron chi connectivity index (χ4n) is 3.31. The van der Waals surface area contributed by atoms with Gasteiger partial charge in [0.2, 0.25) is 11.8 Å². The third kappa shape index (κ3) is 3.73. The molecule has 0 saturated heterocycles. The van der Waals surface area contributed by atoms with Crippen LogP contribution in [0.4, 0.5) is 5.69 Å². The Morgan fingerprint density at radius 1 is 1.14 bits per heavy atom. The number of oxazole rings is 1. The lowest BCUT2D eigenvalue weighted by Crippen LogP contribution is -2.14. The van der Waals surface area contributed by atoms with Crippen molar-refractivity contribution < 1.29 is 9.21 Å². The summed E-state index contributed by atoms with van der Waals surface area (Å²) < 4.78 is 7.37. The predicted octanol–water partition coefficient (Wildman–Crippen LogP) is 3.58. The number of anilines is 1. The van der Waals surface area contributed by atoms with Crippen LogP contribution in [0.25, 0.3) is 17.2 Å². The summed E-state index contributed by atoms with van der Waals surface area (Å²) >= 11 is 0. The maximum Gasteiger partial charge on any atom is 0.252 e. The highest BCUT2D eigenvalue weighted by Gasteiger charge is 2.13. The number of fused-ring (bicyclic) bond motifs is 1. The van der Waals surface area contributed by atoms with Gasteiger partial charge in [0.15, 0.2) is 0 Å². The average Bonchev–Trinajstić information content (AvgIpc) is 3.28. The second-order valence-corrected chi connectivity index (χ2v) is 7.02. The number of carbonyl (C=O) groups is 1. The molecule has 0 atom stereocenters. The monoisotopic (exact) mass is 390 g/mol. The normalized spacial score (nSPS) is 11.2. The van der Waals surface area contributed by atoms with Crippen LogP contribution in [0.15, 0.2) is 35.0 Å². The van der Waals surface area contributed by atoms with Crippen LogP contribution >= 0.6 is 0 Å². The fourth-order valence-corrected chi connectivity index (χ4v) is 3.31. The molecular weight excluding hydrogens is 368 g/mol. The molecule has 0 saturated carbocycles. The van der Waals surface area contributed by atoms with Gasteiger partial charge < -0.3 is 9.73 Å². The van der Waals surface area contributed by atoms with Crippen molar-refractivity contribution in [1.29, 1.82) is 0 Å². The van der Waals surface area contributed by atoms with E-state index in [0.717, 1.165) is 34.0 Å². The molecule has 1 N–H and O–H groups in total. The van der Waals surface area contributed by atoms with E-state index in [1.54, 1.807) is 4.52 Å². The van der Waals surface area contributed by atoms with Crippen LogP contribution in [0.1, 0.15) is 34.8 Å². The second-order valence-electron chi connectivity index (χ2n) is 7.02. The summed E-state index contributed by atoms with van der Waals surface area (Å²) in [5.41, 5.74) is 5.23. The smallest absolute Gasteiger partial charge is 0.252 e. The first kappa shape index (κ1) is 18.8. The number of rotatable bonds is 5. The Balaban J connectivity index is 1.46. The minimum absolute atomic E-state index is 0.0700. The highest BCUT2D eigenvalue weighted by atomic mass is 16.4. The summed E-state index contributed by atoms with van der Waals surface area (Å²) in [5.74, 6) is 1.84. The molecule has 4 rings (SSSR count). The molecule has 3 aromatic heterocycles. The summed E-state index contributed by atoms with van der Waals surface area (Å²) in [6.07, 6.45) is 2.39. The van der Waals surface area contributed by atoms with Crippen LogP contribution in [0.5, 0.6) is 0 Å². The molecule has 3 heterocycles. The number of hydrogen-bond acceptors (Lipinski definition) is 6. The van der Waals surface area contributed by atoms with E-state index in [2.05, 4.69) is 25.4 Å². The third-order valence-electron chi connectivity index (χ3n) is 5.01. The minimum atomic E-state index is -0.0700. The maximum atomic E-state index is 12.5. The SMILES string of the molecule is Cc1nc(-c2cccc(NC(=O)CCc3c(C)nc4ncnn4c3C)c2)oc1C. The van der Waals surface area contributed by atoms with Gasteiger partial charge >= 0.3 is 0 Å². The number of nitrogens with zero attached hydrogens (tertiary/aromatic N) is 5. The van der Waals surface area contributed by atoms with Crippen LogP contribution in [-0.2, 0) is 11.2 Å². The third-order valence-corrected chi connectivity index (χ3v) is 5.01. The van der Waals surface area contributed by atoms with Crippen molar-refractivity contribution in [3.8, 4) is 11.5 Å². The van der Waals surface area contributed by atoms with E-state index in [-0.39, 0.29) is 5.91 Å². The van der Waals surface area contributed by atoms with Crippen molar-refractivity contribution in [1.82, 2.24) is 24.6 Å². The van der Waals surface area contributed by atoms with Crippen molar-refractivity contribution in [3.05, 3.63) is 59.0 Å². The molecule has 8 nitrogen and oxygen atoms in total. The van der Waals surface area contributed by atoms with Gasteiger partial charge in [-0.2, -0.15) is 10.1 Å². The van der Waals surface area contributed by atoms with E-state index >= 15 is 0 Å². The Morgan fingerprint density at radius 3 is 2.72 bits per heavy atom. The Labute approximate surface area is 168 Å². The van der Waals surface area contributed by atoms with Crippen molar-refractivity contribution >= 4 is 17.4 Å². The highest BCUT2D eigenvalue weighted by Crippen LogP contribution is 2.24. The van der Waals surface area contributed by atoms with Crippen molar-refractivity contribution in [2.24, 2.45) is 0 Å². The number of aryl methyl sites for hydroxylation is 4. The first-order valence-electron chi connectivity index (χ1n) is 9.42. The first-order valence-corrected chi connectivity index (χ1v) is 9.42. The Kier molecular flexibility index (Phi) is 4.84. The summed E-state index contributed by atoms with van der Waals surface area (Å²) in [5, 5.41) is 7.14. The molecule has 0 aliphatic rings.